The number of furan rings is 1. The molecule has 1 aliphatic carbocycles. The van der Waals surface area contributed by atoms with Crippen LogP contribution in [0.15, 0.2) is 52.3 Å². The van der Waals surface area contributed by atoms with Crippen LogP contribution in [-0.4, -0.2) is 11.2 Å². The Morgan fingerprint density at radius 2 is 2.36 bits per heavy atom. The standard InChI is InChI=1S/C11H11NO2/c12-10-4-1-5-11(13)9(10)7-8-3-2-6-14-8/h1-7,11,13H,12H2. The van der Waals surface area contributed by atoms with Gasteiger partial charge >= 0.3 is 0 Å². The fraction of sp³-hybridized carbons (Fsp3) is 0.0909. The average Bonchev–Trinajstić information content (AvgIpc) is 2.64. The molecule has 0 aromatic carbocycles. The zero-order chi connectivity index (χ0) is 9.97. The lowest BCUT2D eigenvalue weighted by molar-refractivity contribution is 0.261. The van der Waals surface area contributed by atoms with Crippen molar-refractivity contribution in [2.45, 2.75) is 6.10 Å². The van der Waals surface area contributed by atoms with Crippen LogP contribution in [-0.2, 0) is 0 Å². The average molecular weight is 189 g/mol. The lowest BCUT2D eigenvalue weighted by Gasteiger charge is -2.14. The molecular formula is C11H11NO2. The van der Waals surface area contributed by atoms with Crippen LogP contribution in [0.3, 0.4) is 0 Å². The van der Waals surface area contributed by atoms with Crippen LogP contribution in [0.4, 0.5) is 0 Å². The van der Waals surface area contributed by atoms with E-state index in [9.17, 15) is 5.11 Å². The van der Waals surface area contributed by atoms with Crippen LogP contribution < -0.4 is 5.73 Å². The van der Waals surface area contributed by atoms with Gasteiger partial charge < -0.3 is 15.3 Å². The van der Waals surface area contributed by atoms with Crippen molar-refractivity contribution in [1.82, 2.24) is 0 Å². The summed E-state index contributed by atoms with van der Waals surface area (Å²) < 4.78 is 5.14. The minimum atomic E-state index is -0.648. The van der Waals surface area contributed by atoms with E-state index in [1.165, 1.54) is 0 Å². The second kappa shape index (κ2) is 3.55. The first-order chi connectivity index (χ1) is 6.77. The summed E-state index contributed by atoms with van der Waals surface area (Å²) in [7, 11) is 0. The number of hydrogen-bond donors (Lipinski definition) is 2. The van der Waals surface area contributed by atoms with Crippen molar-refractivity contribution in [2.75, 3.05) is 0 Å². The molecule has 72 valence electrons. The molecule has 1 aliphatic rings. The van der Waals surface area contributed by atoms with Crippen LogP contribution >= 0.6 is 0 Å². The van der Waals surface area contributed by atoms with Gasteiger partial charge in [-0.25, -0.2) is 0 Å². The molecule has 0 radical (unpaired) electrons. The number of rotatable bonds is 1. The largest absolute Gasteiger partial charge is 0.465 e. The van der Waals surface area contributed by atoms with Crippen molar-refractivity contribution in [3.05, 3.63) is 53.7 Å². The van der Waals surface area contributed by atoms with Gasteiger partial charge in [-0.1, -0.05) is 12.2 Å². The summed E-state index contributed by atoms with van der Waals surface area (Å²) in [4.78, 5) is 0. The molecule has 2 rings (SSSR count). The highest BCUT2D eigenvalue weighted by Gasteiger charge is 2.13. The van der Waals surface area contributed by atoms with E-state index >= 15 is 0 Å². The smallest absolute Gasteiger partial charge is 0.127 e. The van der Waals surface area contributed by atoms with Crippen molar-refractivity contribution in [2.24, 2.45) is 5.73 Å². The molecule has 3 nitrogen and oxygen atoms in total. The lowest BCUT2D eigenvalue weighted by Crippen LogP contribution is -2.16. The van der Waals surface area contributed by atoms with Crippen LogP contribution in [0, 0.1) is 0 Å². The maximum Gasteiger partial charge on any atom is 0.127 e. The first kappa shape index (κ1) is 8.84. The maximum absolute atomic E-state index is 9.62. The highest BCUT2D eigenvalue weighted by molar-refractivity contribution is 5.58. The van der Waals surface area contributed by atoms with Crippen molar-refractivity contribution in [1.29, 1.82) is 0 Å². The molecule has 0 bridgehead atoms. The molecule has 3 heteroatoms. The first-order valence-electron chi connectivity index (χ1n) is 4.35. The highest BCUT2D eigenvalue weighted by Crippen LogP contribution is 2.19. The van der Waals surface area contributed by atoms with Crippen molar-refractivity contribution >= 4 is 6.08 Å². The summed E-state index contributed by atoms with van der Waals surface area (Å²) in [6.45, 7) is 0. The zero-order valence-electron chi connectivity index (χ0n) is 7.55. The normalized spacial score (nSPS) is 23.9. The quantitative estimate of drug-likeness (QED) is 0.702. The Balaban J connectivity index is 2.34. The van der Waals surface area contributed by atoms with Gasteiger partial charge in [0.1, 0.15) is 5.76 Å². The molecule has 1 aromatic heterocycles. The third kappa shape index (κ3) is 1.63. The molecule has 1 aromatic rings. The van der Waals surface area contributed by atoms with Gasteiger partial charge in [-0.3, -0.25) is 0 Å². The Morgan fingerprint density at radius 1 is 1.50 bits per heavy atom. The van der Waals surface area contributed by atoms with Crippen LogP contribution in [0.25, 0.3) is 6.08 Å². The summed E-state index contributed by atoms with van der Waals surface area (Å²) >= 11 is 0. The number of allylic oxidation sites excluding steroid dienone is 2. The first-order valence-corrected chi connectivity index (χ1v) is 4.35. The number of nitrogens with two attached hydrogens (primary N) is 1. The van der Waals surface area contributed by atoms with Gasteiger partial charge in [-0.2, -0.15) is 0 Å². The van der Waals surface area contributed by atoms with E-state index in [1.807, 2.05) is 6.07 Å². The zero-order valence-corrected chi connectivity index (χ0v) is 7.55. The van der Waals surface area contributed by atoms with Crippen LogP contribution in [0.1, 0.15) is 5.76 Å². The van der Waals surface area contributed by atoms with E-state index < -0.39 is 6.10 Å². The molecule has 0 spiro atoms. The molecule has 14 heavy (non-hydrogen) atoms. The second-order valence-electron chi connectivity index (χ2n) is 3.07. The van der Waals surface area contributed by atoms with E-state index in [1.54, 1.807) is 36.6 Å². The Bertz CT molecular complexity index is 399. The fourth-order valence-electron chi connectivity index (χ4n) is 1.33. The monoisotopic (exact) mass is 189 g/mol. The van der Waals surface area contributed by atoms with Crippen LogP contribution in [0.5, 0.6) is 0 Å². The second-order valence-corrected chi connectivity index (χ2v) is 3.07. The summed E-state index contributed by atoms with van der Waals surface area (Å²) in [6, 6.07) is 3.60. The van der Waals surface area contributed by atoms with E-state index in [0.29, 0.717) is 17.0 Å². The Labute approximate surface area is 81.8 Å². The molecule has 1 atom stereocenters. The maximum atomic E-state index is 9.62. The topological polar surface area (TPSA) is 59.4 Å². The Morgan fingerprint density at radius 3 is 3.00 bits per heavy atom. The van der Waals surface area contributed by atoms with E-state index in [-0.39, 0.29) is 0 Å². The minimum Gasteiger partial charge on any atom is -0.465 e. The van der Waals surface area contributed by atoms with E-state index in [4.69, 9.17) is 10.2 Å². The van der Waals surface area contributed by atoms with Gasteiger partial charge in [0.25, 0.3) is 0 Å². The predicted octanol–water partition coefficient (Wildman–Crippen LogP) is 1.44. The fourth-order valence-corrected chi connectivity index (χ4v) is 1.33. The number of hydrogen-bond acceptors (Lipinski definition) is 3. The minimum absolute atomic E-state index is 0.566. The molecule has 1 unspecified atom stereocenters. The highest BCUT2D eigenvalue weighted by atomic mass is 16.3. The van der Waals surface area contributed by atoms with Gasteiger partial charge in [0.05, 0.1) is 12.4 Å². The van der Waals surface area contributed by atoms with Gasteiger partial charge in [-0.15, -0.1) is 0 Å². The third-order valence-electron chi connectivity index (χ3n) is 2.06. The van der Waals surface area contributed by atoms with Crippen LogP contribution in [0.2, 0.25) is 0 Å². The Hall–Kier alpha value is -1.74. The third-order valence-corrected chi connectivity index (χ3v) is 2.06. The van der Waals surface area contributed by atoms with Crippen molar-refractivity contribution < 1.29 is 9.52 Å². The predicted molar refractivity (Wildman–Crippen MR) is 54.1 cm³/mol. The van der Waals surface area contributed by atoms with Gasteiger partial charge in [-0.05, 0) is 24.3 Å². The van der Waals surface area contributed by atoms with Crippen molar-refractivity contribution in [3.8, 4) is 0 Å². The molecule has 0 saturated carbocycles. The SMILES string of the molecule is NC1=CC=CC(O)C1=Cc1ccco1. The van der Waals surface area contributed by atoms with E-state index in [2.05, 4.69) is 0 Å². The number of aliphatic hydroxyl groups excluding tert-OH is 1. The summed E-state index contributed by atoms with van der Waals surface area (Å²) in [5.74, 6) is 0.686. The summed E-state index contributed by atoms with van der Waals surface area (Å²) in [5, 5.41) is 9.62. The Kier molecular flexibility index (Phi) is 2.24. The van der Waals surface area contributed by atoms with Gasteiger partial charge in [0.2, 0.25) is 0 Å². The lowest BCUT2D eigenvalue weighted by atomic mass is 10.0. The van der Waals surface area contributed by atoms with Gasteiger partial charge in [0.15, 0.2) is 0 Å². The summed E-state index contributed by atoms with van der Waals surface area (Å²) in [5.41, 5.74) is 6.96. The van der Waals surface area contributed by atoms with E-state index in [0.717, 1.165) is 0 Å². The van der Waals surface area contributed by atoms with Crippen molar-refractivity contribution in [3.63, 3.8) is 0 Å². The molecule has 0 aliphatic heterocycles. The molecule has 0 fully saturated rings. The van der Waals surface area contributed by atoms with Gasteiger partial charge in [0, 0.05) is 11.3 Å². The number of aliphatic hydroxyl groups is 1. The molecular weight excluding hydrogens is 178 g/mol. The molecule has 0 amide bonds. The molecule has 1 heterocycles. The summed E-state index contributed by atoms with van der Waals surface area (Å²) in [6.07, 6.45) is 7.83. The molecule has 3 N–H and O–H groups in total. The molecule has 0 saturated heterocycles.